The monoisotopic (exact) mass is 461 g/mol. The van der Waals surface area contributed by atoms with Crippen LogP contribution in [0.2, 0.25) is 0 Å². The Balaban J connectivity index is 3.26. The van der Waals surface area contributed by atoms with Gasteiger partial charge in [0.25, 0.3) is 0 Å². The lowest BCUT2D eigenvalue weighted by molar-refractivity contribution is -0.146. The zero-order chi connectivity index (χ0) is 25.2. The number of ether oxygens (including phenoxy) is 1. The molecule has 1 unspecified atom stereocenters. The normalized spacial score (nSPS) is 12.6. The number of nitrogens with one attached hydrogen (secondary N) is 2. The van der Waals surface area contributed by atoms with E-state index in [1.807, 2.05) is 52.0 Å². The Kier molecular flexibility index (Phi) is 10.9. The number of nitrogens with zero attached hydrogens (tertiary/aromatic N) is 1. The van der Waals surface area contributed by atoms with Crippen molar-refractivity contribution < 1.29 is 19.1 Å². The lowest BCUT2D eigenvalue weighted by atomic mass is 9.92. The van der Waals surface area contributed by atoms with Crippen molar-refractivity contribution >= 4 is 17.9 Å². The molecule has 0 heterocycles. The Hall–Kier alpha value is -2.57. The van der Waals surface area contributed by atoms with Crippen LogP contribution in [0.4, 0.5) is 4.79 Å². The SMILES string of the molecule is CCCCCNC(=O)C(c1cccc(C)c1)N(C(=O)CNC(=O)OC(C)(C)C)C(C)(C)CC. The third kappa shape index (κ3) is 9.44. The number of amides is 3. The second-order valence-corrected chi connectivity index (χ2v) is 10.1. The molecular formula is C26H43N3O4. The second kappa shape index (κ2) is 12.6. The van der Waals surface area contributed by atoms with E-state index < -0.39 is 23.3 Å². The number of aryl methyl sites for hydroxylation is 1. The van der Waals surface area contributed by atoms with Gasteiger partial charge in [-0.3, -0.25) is 9.59 Å². The molecule has 0 fully saturated rings. The quantitative estimate of drug-likeness (QED) is 0.460. The van der Waals surface area contributed by atoms with Crippen LogP contribution in [0.1, 0.15) is 91.3 Å². The van der Waals surface area contributed by atoms with Gasteiger partial charge in [-0.1, -0.05) is 56.5 Å². The topological polar surface area (TPSA) is 87.7 Å². The van der Waals surface area contributed by atoms with Crippen molar-refractivity contribution in [3.8, 4) is 0 Å². The zero-order valence-corrected chi connectivity index (χ0v) is 21.7. The van der Waals surface area contributed by atoms with Gasteiger partial charge in [0, 0.05) is 12.1 Å². The molecule has 0 aliphatic rings. The van der Waals surface area contributed by atoms with Gasteiger partial charge in [0.2, 0.25) is 11.8 Å². The number of carbonyl (C=O) groups is 3. The first-order chi connectivity index (χ1) is 15.3. The van der Waals surface area contributed by atoms with E-state index in [0.717, 1.165) is 30.4 Å². The molecule has 7 nitrogen and oxygen atoms in total. The molecule has 3 amide bonds. The number of benzene rings is 1. The number of unbranched alkanes of at least 4 members (excludes halogenated alkanes) is 2. The van der Waals surface area contributed by atoms with Crippen molar-refractivity contribution in [2.45, 2.75) is 98.3 Å². The highest BCUT2D eigenvalue weighted by molar-refractivity contribution is 5.91. The molecular weight excluding hydrogens is 418 g/mol. The third-order valence-corrected chi connectivity index (χ3v) is 5.51. The molecule has 2 N–H and O–H groups in total. The summed E-state index contributed by atoms with van der Waals surface area (Å²) in [5.41, 5.74) is 0.458. The second-order valence-electron chi connectivity index (χ2n) is 10.1. The number of hydrogen-bond donors (Lipinski definition) is 2. The molecule has 186 valence electrons. The number of alkyl carbamates (subject to hydrolysis) is 1. The van der Waals surface area contributed by atoms with Gasteiger partial charge in [0.15, 0.2) is 0 Å². The lowest BCUT2D eigenvalue weighted by Crippen LogP contribution is -2.56. The van der Waals surface area contributed by atoms with Crippen LogP contribution in [0, 0.1) is 6.92 Å². The fourth-order valence-electron chi connectivity index (χ4n) is 3.49. The van der Waals surface area contributed by atoms with Crippen molar-refractivity contribution in [2.75, 3.05) is 13.1 Å². The van der Waals surface area contributed by atoms with Crippen LogP contribution in [0.15, 0.2) is 24.3 Å². The van der Waals surface area contributed by atoms with Crippen molar-refractivity contribution in [3.63, 3.8) is 0 Å². The fraction of sp³-hybridized carbons (Fsp3) is 0.654. The van der Waals surface area contributed by atoms with Gasteiger partial charge < -0.3 is 20.3 Å². The van der Waals surface area contributed by atoms with E-state index in [1.54, 1.807) is 25.7 Å². The molecule has 33 heavy (non-hydrogen) atoms. The standard InChI is InChI=1S/C26H43N3O4/c1-9-11-12-16-27-23(31)22(20-15-13-14-19(3)17-20)29(26(7,8)10-2)21(30)18-28-24(32)33-25(4,5)6/h13-15,17,22H,9-12,16,18H2,1-8H3,(H,27,31)(H,28,32). The minimum Gasteiger partial charge on any atom is -0.444 e. The van der Waals surface area contributed by atoms with E-state index in [4.69, 9.17) is 4.74 Å². The maximum absolute atomic E-state index is 13.5. The van der Waals surface area contributed by atoms with Gasteiger partial charge in [-0.15, -0.1) is 0 Å². The molecule has 1 atom stereocenters. The smallest absolute Gasteiger partial charge is 0.408 e. The zero-order valence-electron chi connectivity index (χ0n) is 21.7. The summed E-state index contributed by atoms with van der Waals surface area (Å²) in [6.45, 7) is 15.5. The van der Waals surface area contributed by atoms with E-state index in [0.29, 0.717) is 13.0 Å². The van der Waals surface area contributed by atoms with Crippen LogP contribution in [0.5, 0.6) is 0 Å². The molecule has 0 bridgehead atoms. The molecule has 1 aromatic carbocycles. The van der Waals surface area contributed by atoms with Gasteiger partial charge >= 0.3 is 6.09 Å². The van der Waals surface area contributed by atoms with Crippen molar-refractivity contribution in [2.24, 2.45) is 0 Å². The predicted octanol–water partition coefficient (Wildman–Crippen LogP) is 4.88. The highest BCUT2D eigenvalue weighted by atomic mass is 16.6. The van der Waals surface area contributed by atoms with Crippen LogP contribution in [0.3, 0.4) is 0 Å². The maximum atomic E-state index is 13.5. The third-order valence-electron chi connectivity index (χ3n) is 5.51. The van der Waals surface area contributed by atoms with E-state index in [1.165, 1.54) is 0 Å². The maximum Gasteiger partial charge on any atom is 0.408 e. The first-order valence-corrected chi connectivity index (χ1v) is 12.0. The summed E-state index contributed by atoms with van der Waals surface area (Å²) >= 11 is 0. The summed E-state index contributed by atoms with van der Waals surface area (Å²) < 4.78 is 5.26. The average molecular weight is 462 g/mol. The summed E-state index contributed by atoms with van der Waals surface area (Å²) in [4.78, 5) is 40.7. The number of rotatable bonds is 11. The molecule has 1 aromatic rings. The molecule has 0 spiro atoms. The first kappa shape index (κ1) is 28.5. The Bertz CT molecular complexity index is 799. The molecule has 0 aromatic heterocycles. The van der Waals surface area contributed by atoms with Crippen molar-refractivity contribution in [1.82, 2.24) is 15.5 Å². The van der Waals surface area contributed by atoms with E-state index >= 15 is 0 Å². The Morgan fingerprint density at radius 1 is 1.03 bits per heavy atom. The Labute approximate surface area is 199 Å². The molecule has 0 saturated heterocycles. The van der Waals surface area contributed by atoms with Crippen LogP contribution in [0.25, 0.3) is 0 Å². The number of carbonyl (C=O) groups excluding carboxylic acids is 3. The van der Waals surface area contributed by atoms with Gasteiger partial charge in [-0.05, 0) is 59.9 Å². The van der Waals surface area contributed by atoms with Crippen molar-refractivity contribution in [3.05, 3.63) is 35.4 Å². The highest BCUT2D eigenvalue weighted by Gasteiger charge is 2.40. The van der Waals surface area contributed by atoms with E-state index in [2.05, 4.69) is 17.6 Å². The fourth-order valence-corrected chi connectivity index (χ4v) is 3.49. The Morgan fingerprint density at radius 2 is 1.70 bits per heavy atom. The molecule has 0 radical (unpaired) electrons. The van der Waals surface area contributed by atoms with Gasteiger partial charge in [0.05, 0.1) is 0 Å². The van der Waals surface area contributed by atoms with Crippen LogP contribution in [-0.2, 0) is 14.3 Å². The van der Waals surface area contributed by atoms with E-state index in [9.17, 15) is 14.4 Å². The minimum atomic E-state index is -0.811. The Morgan fingerprint density at radius 3 is 2.24 bits per heavy atom. The summed E-state index contributed by atoms with van der Waals surface area (Å²) in [6, 6.07) is 6.85. The average Bonchev–Trinajstić information content (AvgIpc) is 2.71. The summed E-state index contributed by atoms with van der Waals surface area (Å²) in [6.07, 6.45) is 2.94. The summed E-state index contributed by atoms with van der Waals surface area (Å²) in [5.74, 6) is -0.563. The van der Waals surface area contributed by atoms with Crippen LogP contribution >= 0.6 is 0 Å². The predicted molar refractivity (Wildman–Crippen MR) is 132 cm³/mol. The molecule has 1 rings (SSSR count). The van der Waals surface area contributed by atoms with Gasteiger partial charge in [0.1, 0.15) is 18.2 Å². The van der Waals surface area contributed by atoms with E-state index in [-0.39, 0.29) is 18.4 Å². The van der Waals surface area contributed by atoms with Gasteiger partial charge in [-0.25, -0.2) is 4.79 Å². The minimum absolute atomic E-state index is 0.219. The lowest BCUT2D eigenvalue weighted by Gasteiger charge is -2.43. The number of hydrogen-bond acceptors (Lipinski definition) is 4. The molecule has 0 aliphatic heterocycles. The highest BCUT2D eigenvalue weighted by Crippen LogP contribution is 2.31. The molecule has 0 saturated carbocycles. The molecule has 7 heteroatoms. The van der Waals surface area contributed by atoms with Crippen molar-refractivity contribution in [1.29, 1.82) is 0 Å². The first-order valence-electron chi connectivity index (χ1n) is 12.0. The van der Waals surface area contributed by atoms with Crippen LogP contribution in [-0.4, -0.2) is 47.0 Å². The summed E-state index contributed by atoms with van der Waals surface area (Å²) in [5, 5.41) is 5.57. The molecule has 0 aliphatic carbocycles. The van der Waals surface area contributed by atoms with Crippen LogP contribution < -0.4 is 10.6 Å². The summed E-state index contributed by atoms with van der Waals surface area (Å²) in [7, 11) is 0. The van der Waals surface area contributed by atoms with Gasteiger partial charge in [-0.2, -0.15) is 0 Å². The largest absolute Gasteiger partial charge is 0.444 e.